The molecule has 3 N–H and O–H groups in total. The third kappa shape index (κ3) is 6.03. The van der Waals surface area contributed by atoms with E-state index < -0.39 is 5.60 Å². The SMILES string of the molecule is CC1(NC(=O)OC(C)(C)C)CCN(Cc2c[nH]c3ncnc(Nc4cccc(Br)c4)c23)CC1. The molecular formula is C24H31BrN6O2. The summed E-state index contributed by atoms with van der Waals surface area (Å²) in [6.45, 7) is 10.3. The number of nitrogens with zero attached hydrogens (tertiary/aromatic N) is 3. The van der Waals surface area contributed by atoms with Gasteiger partial charge in [-0.15, -0.1) is 0 Å². The van der Waals surface area contributed by atoms with Crippen LogP contribution in [-0.2, 0) is 11.3 Å². The quantitative estimate of drug-likeness (QED) is 0.425. The number of carbonyl (C=O) groups is 1. The summed E-state index contributed by atoms with van der Waals surface area (Å²) >= 11 is 3.52. The van der Waals surface area contributed by atoms with Gasteiger partial charge in [-0.25, -0.2) is 14.8 Å². The number of H-pyrrole nitrogens is 1. The number of anilines is 2. The molecule has 0 unspecified atom stereocenters. The number of halogens is 1. The zero-order valence-electron chi connectivity index (χ0n) is 19.5. The summed E-state index contributed by atoms with van der Waals surface area (Å²) in [5.41, 5.74) is 2.15. The highest BCUT2D eigenvalue weighted by atomic mass is 79.9. The number of hydrogen-bond acceptors (Lipinski definition) is 6. The minimum Gasteiger partial charge on any atom is -0.444 e. The van der Waals surface area contributed by atoms with Crippen LogP contribution in [0.15, 0.2) is 41.3 Å². The van der Waals surface area contributed by atoms with E-state index in [1.54, 1.807) is 6.33 Å². The Hall–Kier alpha value is -2.65. The van der Waals surface area contributed by atoms with Gasteiger partial charge < -0.3 is 20.4 Å². The second-order valence-electron chi connectivity index (χ2n) is 9.86. The lowest BCUT2D eigenvalue weighted by Crippen LogP contribution is -2.54. The van der Waals surface area contributed by atoms with Crippen molar-refractivity contribution in [3.8, 4) is 0 Å². The maximum absolute atomic E-state index is 12.3. The molecule has 1 aliphatic heterocycles. The molecular weight excluding hydrogens is 484 g/mol. The van der Waals surface area contributed by atoms with E-state index in [1.807, 2.05) is 51.2 Å². The van der Waals surface area contributed by atoms with E-state index in [9.17, 15) is 4.79 Å². The average Bonchev–Trinajstić information content (AvgIpc) is 3.12. The van der Waals surface area contributed by atoms with Crippen LogP contribution in [-0.4, -0.2) is 50.2 Å². The molecule has 4 rings (SSSR count). The first kappa shape index (κ1) is 23.5. The van der Waals surface area contributed by atoms with Crippen molar-refractivity contribution in [2.75, 3.05) is 18.4 Å². The minimum absolute atomic E-state index is 0.268. The molecule has 0 spiro atoms. The van der Waals surface area contributed by atoms with Crippen molar-refractivity contribution in [2.45, 2.75) is 58.2 Å². The molecule has 1 amide bonds. The number of ether oxygens (including phenoxy) is 1. The van der Waals surface area contributed by atoms with Gasteiger partial charge in [0, 0.05) is 41.5 Å². The van der Waals surface area contributed by atoms with Crippen LogP contribution in [0.5, 0.6) is 0 Å². The van der Waals surface area contributed by atoms with Crippen molar-refractivity contribution in [2.24, 2.45) is 0 Å². The monoisotopic (exact) mass is 514 g/mol. The van der Waals surface area contributed by atoms with Crippen LogP contribution in [0.1, 0.15) is 46.1 Å². The fourth-order valence-electron chi connectivity index (χ4n) is 4.07. The number of carbonyl (C=O) groups excluding carboxylic acids is 1. The first-order valence-electron chi connectivity index (χ1n) is 11.2. The summed E-state index contributed by atoms with van der Waals surface area (Å²) in [4.78, 5) is 26.8. The summed E-state index contributed by atoms with van der Waals surface area (Å²) in [5.74, 6) is 0.780. The van der Waals surface area contributed by atoms with Crippen LogP contribution in [0.3, 0.4) is 0 Å². The van der Waals surface area contributed by atoms with E-state index in [1.165, 1.54) is 0 Å². The van der Waals surface area contributed by atoms with Crippen molar-refractivity contribution in [3.63, 3.8) is 0 Å². The highest BCUT2D eigenvalue weighted by Crippen LogP contribution is 2.30. The maximum atomic E-state index is 12.3. The number of rotatable bonds is 5. The standard InChI is InChI=1S/C24H31BrN6O2/c1-23(2,3)33-22(32)30-24(4)8-10-31(11-9-24)14-16-13-26-20-19(16)21(28-15-27-20)29-18-7-5-6-17(25)12-18/h5-7,12-13,15H,8-11,14H2,1-4H3,(H,30,32)(H2,26,27,28,29). The third-order valence-electron chi connectivity index (χ3n) is 5.80. The fourth-order valence-corrected chi connectivity index (χ4v) is 4.47. The summed E-state index contributed by atoms with van der Waals surface area (Å²) in [6.07, 6.45) is 4.94. The number of fused-ring (bicyclic) bond motifs is 1. The Morgan fingerprint density at radius 2 is 2.03 bits per heavy atom. The van der Waals surface area contributed by atoms with E-state index in [0.717, 1.165) is 65.1 Å². The van der Waals surface area contributed by atoms with Gasteiger partial charge in [-0.1, -0.05) is 22.0 Å². The lowest BCUT2D eigenvalue weighted by molar-refractivity contribution is 0.0402. The van der Waals surface area contributed by atoms with Crippen molar-refractivity contribution in [3.05, 3.63) is 46.8 Å². The van der Waals surface area contributed by atoms with E-state index in [2.05, 4.69) is 53.3 Å². The summed E-state index contributed by atoms with van der Waals surface area (Å²) in [7, 11) is 0. The van der Waals surface area contributed by atoms with Crippen molar-refractivity contribution in [1.29, 1.82) is 0 Å². The summed E-state index contributed by atoms with van der Waals surface area (Å²) < 4.78 is 6.45. The zero-order valence-corrected chi connectivity index (χ0v) is 21.1. The summed E-state index contributed by atoms with van der Waals surface area (Å²) in [5, 5.41) is 7.50. The Balaban J connectivity index is 1.43. The molecule has 1 fully saturated rings. The van der Waals surface area contributed by atoms with Crippen LogP contribution >= 0.6 is 15.9 Å². The number of piperidine rings is 1. The zero-order chi connectivity index (χ0) is 23.6. The van der Waals surface area contributed by atoms with E-state index in [4.69, 9.17) is 4.74 Å². The predicted molar refractivity (Wildman–Crippen MR) is 134 cm³/mol. The highest BCUT2D eigenvalue weighted by molar-refractivity contribution is 9.10. The molecule has 0 saturated carbocycles. The Morgan fingerprint density at radius 3 is 2.73 bits per heavy atom. The topological polar surface area (TPSA) is 95.2 Å². The Kier molecular flexibility index (Phi) is 6.63. The lowest BCUT2D eigenvalue weighted by atomic mass is 9.89. The van der Waals surface area contributed by atoms with Gasteiger partial charge in [0.25, 0.3) is 0 Å². The molecule has 0 radical (unpaired) electrons. The second-order valence-corrected chi connectivity index (χ2v) is 10.8. The number of likely N-dealkylation sites (tertiary alicyclic amines) is 1. The average molecular weight is 515 g/mol. The molecule has 0 bridgehead atoms. The Bertz CT molecular complexity index is 1130. The number of benzene rings is 1. The normalized spacial score (nSPS) is 16.5. The Labute approximate surface area is 202 Å². The highest BCUT2D eigenvalue weighted by Gasteiger charge is 2.33. The van der Waals surface area contributed by atoms with E-state index >= 15 is 0 Å². The van der Waals surface area contributed by atoms with E-state index in [-0.39, 0.29) is 11.6 Å². The van der Waals surface area contributed by atoms with Gasteiger partial charge >= 0.3 is 6.09 Å². The maximum Gasteiger partial charge on any atom is 0.408 e. The van der Waals surface area contributed by atoms with Gasteiger partial charge in [-0.3, -0.25) is 4.90 Å². The molecule has 1 aromatic carbocycles. The summed E-state index contributed by atoms with van der Waals surface area (Å²) in [6, 6.07) is 8.00. The Morgan fingerprint density at radius 1 is 1.27 bits per heavy atom. The molecule has 3 heterocycles. The second kappa shape index (κ2) is 9.30. The van der Waals surface area contributed by atoms with Crippen LogP contribution in [0, 0.1) is 0 Å². The number of nitrogens with one attached hydrogen (secondary N) is 3. The predicted octanol–water partition coefficient (Wildman–Crippen LogP) is 5.34. The minimum atomic E-state index is -0.500. The van der Waals surface area contributed by atoms with E-state index in [0.29, 0.717) is 0 Å². The molecule has 176 valence electrons. The van der Waals surface area contributed by atoms with Gasteiger partial charge in [-0.2, -0.15) is 0 Å². The number of alkyl carbamates (subject to hydrolysis) is 1. The first-order chi connectivity index (χ1) is 15.6. The number of aromatic amines is 1. The van der Waals surface area contributed by atoms with Crippen molar-refractivity contribution < 1.29 is 9.53 Å². The molecule has 1 aliphatic rings. The van der Waals surface area contributed by atoms with Gasteiger partial charge in [0.05, 0.1) is 5.39 Å². The largest absolute Gasteiger partial charge is 0.444 e. The smallest absolute Gasteiger partial charge is 0.408 e. The first-order valence-corrected chi connectivity index (χ1v) is 12.0. The molecule has 0 atom stereocenters. The molecule has 0 aliphatic carbocycles. The fraction of sp³-hybridized carbons (Fsp3) is 0.458. The third-order valence-corrected chi connectivity index (χ3v) is 6.29. The number of aromatic nitrogens is 3. The molecule has 2 aromatic heterocycles. The van der Waals surface area contributed by atoms with Crippen molar-refractivity contribution >= 4 is 44.6 Å². The number of amides is 1. The van der Waals surface area contributed by atoms with Crippen LogP contribution in [0.4, 0.5) is 16.3 Å². The molecule has 3 aromatic rings. The molecule has 9 heteroatoms. The van der Waals surface area contributed by atoms with Crippen LogP contribution in [0.2, 0.25) is 0 Å². The molecule has 8 nitrogen and oxygen atoms in total. The number of hydrogen-bond donors (Lipinski definition) is 3. The van der Waals surface area contributed by atoms with Crippen LogP contribution in [0.25, 0.3) is 11.0 Å². The van der Waals surface area contributed by atoms with Gasteiger partial charge in [0.15, 0.2) is 0 Å². The van der Waals surface area contributed by atoms with Crippen LogP contribution < -0.4 is 10.6 Å². The molecule has 33 heavy (non-hydrogen) atoms. The van der Waals surface area contributed by atoms with Gasteiger partial charge in [0.1, 0.15) is 23.4 Å². The van der Waals surface area contributed by atoms with Gasteiger partial charge in [-0.05, 0) is 64.3 Å². The van der Waals surface area contributed by atoms with Crippen molar-refractivity contribution in [1.82, 2.24) is 25.2 Å². The molecule has 1 saturated heterocycles. The van der Waals surface area contributed by atoms with Gasteiger partial charge in [0.2, 0.25) is 0 Å². The lowest BCUT2D eigenvalue weighted by Gasteiger charge is -2.40.